The number of nitriles is 1. The predicted molar refractivity (Wildman–Crippen MR) is 161 cm³/mol. The van der Waals surface area contributed by atoms with Crippen molar-refractivity contribution in [3.63, 3.8) is 0 Å². The SMILES string of the molecule is [C-]#[N+]c1ccc(N2C(=S)N(c3ccc(C)cc3)C(C)(CF)C2=NC(=S)Nc2ccc(C#N)c(C(F)(F)F)c2)cc1C(F)(F)F. The van der Waals surface area contributed by atoms with E-state index in [0.717, 1.165) is 28.7 Å². The maximum atomic E-state index is 15.1. The van der Waals surface area contributed by atoms with E-state index in [0.29, 0.717) is 17.8 Å². The molecule has 0 aromatic heterocycles. The molecular weight excluding hydrogens is 629 g/mol. The van der Waals surface area contributed by atoms with E-state index >= 15 is 4.39 Å². The van der Waals surface area contributed by atoms with E-state index in [1.807, 2.05) is 6.92 Å². The first kappa shape index (κ1) is 32.3. The second kappa shape index (κ2) is 11.8. The van der Waals surface area contributed by atoms with Gasteiger partial charge in [-0.3, -0.25) is 4.90 Å². The van der Waals surface area contributed by atoms with Crippen LogP contribution in [0.4, 0.5) is 53.5 Å². The van der Waals surface area contributed by atoms with E-state index in [-0.39, 0.29) is 22.3 Å². The molecule has 0 aliphatic carbocycles. The molecule has 0 bridgehead atoms. The number of hydrogen-bond acceptors (Lipinski definition) is 3. The van der Waals surface area contributed by atoms with Crippen LogP contribution in [0.3, 0.4) is 0 Å². The van der Waals surface area contributed by atoms with Crippen LogP contribution in [0, 0.1) is 24.8 Å². The van der Waals surface area contributed by atoms with Gasteiger partial charge in [0.05, 0.1) is 29.3 Å². The number of hydrogen-bond donors (Lipinski definition) is 1. The van der Waals surface area contributed by atoms with Crippen molar-refractivity contribution in [2.75, 3.05) is 21.8 Å². The summed E-state index contributed by atoms with van der Waals surface area (Å²) >= 11 is 10.9. The van der Waals surface area contributed by atoms with Crippen LogP contribution in [0.1, 0.15) is 29.2 Å². The summed E-state index contributed by atoms with van der Waals surface area (Å²) in [4.78, 5) is 9.63. The Balaban J connectivity index is 1.89. The fourth-order valence-electron chi connectivity index (χ4n) is 4.54. The van der Waals surface area contributed by atoms with E-state index in [4.69, 9.17) is 36.3 Å². The van der Waals surface area contributed by atoms with Crippen LogP contribution in [0.2, 0.25) is 0 Å². The first-order valence-electron chi connectivity index (χ1n) is 12.4. The number of aryl methyl sites for hydroxylation is 1. The first-order valence-corrected chi connectivity index (χ1v) is 13.2. The third-order valence-corrected chi connectivity index (χ3v) is 7.25. The van der Waals surface area contributed by atoms with Crippen molar-refractivity contribution in [2.45, 2.75) is 31.7 Å². The zero-order valence-electron chi connectivity index (χ0n) is 22.7. The third kappa shape index (κ3) is 6.06. The molecule has 44 heavy (non-hydrogen) atoms. The predicted octanol–water partition coefficient (Wildman–Crippen LogP) is 8.59. The molecule has 3 aromatic rings. The van der Waals surface area contributed by atoms with Crippen molar-refractivity contribution in [2.24, 2.45) is 4.99 Å². The number of benzene rings is 3. The maximum absolute atomic E-state index is 15.1. The van der Waals surface area contributed by atoms with Gasteiger partial charge in [0.15, 0.2) is 15.9 Å². The Morgan fingerprint density at radius 1 is 1.00 bits per heavy atom. The number of amidine groups is 1. The molecule has 1 atom stereocenters. The van der Waals surface area contributed by atoms with Gasteiger partial charge in [0.2, 0.25) is 0 Å². The number of thiocarbonyl (C=S) groups is 2. The number of anilines is 3. The van der Waals surface area contributed by atoms with Crippen molar-refractivity contribution in [3.05, 3.63) is 94.3 Å². The smallest absolute Gasteiger partial charge is 0.331 e. The first-order chi connectivity index (χ1) is 20.5. The standard InChI is InChI=1S/C29H19F7N6S2/c1-16-4-8-19(9-5-16)42-26(44)41(20-10-11-23(38-3)22(13-20)29(34,35)36)24(27(42,2)15-30)40-25(43)39-18-7-6-17(14-37)21(12-18)28(31,32)33/h4-13H,15H2,1-2H3,(H,39,43). The Morgan fingerprint density at radius 3 is 2.16 bits per heavy atom. The Hall–Kier alpha value is -4.60. The number of nitrogens with one attached hydrogen (secondary N) is 1. The molecule has 1 unspecified atom stereocenters. The normalized spacial score (nSPS) is 17.9. The Morgan fingerprint density at radius 2 is 1.61 bits per heavy atom. The largest absolute Gasteiger partial charge is 0.417 e. The van der Waals surface area contributed by atoms with Crippen LogP contribution in [0.15, 0.2) is 65.7 Å². The summed E-state index contributed by atoms with van der Waals surface area (Å²) in [6.45, 7) is 9.19. The summed E-state index contributed by atoms with van der Waals surface area (Å²) in [5.74, 6) is -0.267. The highest BCUT2D eigenvalue weighted by Crippen LogP contribution is 2.43. The third-order valence-electron chi connectivity index (χ3n) is 6.69. The molecule has 3 aromatic carbocycles. The number of rotatable bonds is 4. The average molecular weight is 649 g/mol. The van der Waals surface area contributed by atoms with Crippen molar-refractivity contribution >= 4 is 63.2 Å². The summed E-state index contributed by atoms with van der Waals surface area (Å²) in [7, 11) is 0. The van der Waals surface area contributed by atoms with E-state index in [9.17, 15) is 26.3 Å². The molecule has 1 heterocycles. The van der Waals surface area contributed by atoms with Crippen LogP contribution in [-0.4, -0.2) is 28.3 Å². The molecule has 1 aliphatic rings. The average Bonchev–Trinajstić information content (AvgIpc) is 3.18. The Labute approximate surface area is 257 Å². The molecule has 0 amide bonds. The van der Waals surface area contributed by atoms with E-state index in [2.05, 4.69) is 15.2 Å². The number of alkyl halides is 7. The minimum Gasteiger partial charge on any atom is -0.331 e. The topological polar surface area (TPSA) is 59.0 Å². The number of nitrogens with zero attached hydrogens (tertiary/aromatic N) is 5. The van der Waals surface area contributed by atoms with E-state index < -0.39 is 52.1 Å². The van der Waals surface area contributed by atoms with Crippen LogP contribution >= 0.6 is 24.4 Å². The summed E-state index contributed by atoms with van der Waals surface area (Å²) in [6, 6.07) is 13.7. The maximum Gasteiger partial charge on any atom is 0.417 e. The lowest BCUT2D eigenvalue weighted by atomic mass is 10.0. The van der Waals surface area contributed by atoms with Gasteiger partial charge in [-0.25, -0.2) is 14.2 Å². The molecule has 4 rings (SSSR count). The van der Waals surface area contributed by atoms with Gasteiger partial charge in [0.1, 0.15) is 18.0 Å². The summed E-state index contributed by atoms with van der Waals surface area (Å²) < 4.78 is 97.3. The minimum absolute atomic E-state index is 0.169. The van der Waals surface area contributed by atoms with Gasteiger partial charge in [-0.15, -0.1) is 0 Å². The molecule has 0 spiro atoms. The number of aliphatic imine (C=N–C) groups is 1. The van der Waals surface area contributed by atoms with Gasteiger partial charge in [0.25, 0.3) is 0 Å². The van der Waals surface area contributed by atoms with Gasteiger partial charge in [0, 0.05) is 17.1 Å². The lowest BCUT2D eigenvalue weighted by Crippen LogP contribution is -2.49. The highest BCUT2D eigenvalue weighted by molar-refractivity contribution is 7.81. The minimum atomic E-state index is -4.92. The van der Waals surface area contributed by atoms with E-state index in [1.54, 1.807) is 24.3 Å². The lowest BCUT2D eigenvalue weighted by Gasteiger charge is -2.32. The zero-order valence-corrected chi connectivity index (χ0v) is 24.3. The van der Waals surface area contributed by atoms with Gasteiger partial charge in [-0.1, -0.05) is 23.8 Å². The summed E-state index contributed by atoms with van der Waals surface area (Å²) in [6.07, 6.45) is -9.78. The van der Waals surface area contributed by atoms with Crippen molar-refractivity contribution in [1.29, 1.82) is 5.26 Å². The highest BCUT2D eigenvalue weighted by Gasteiger charge is 2.52. The van der Waals surface area contributed by atoms with Gasteiger partial charge in [-0.05, 0) is 80.7 Å². The lowest BCUT2D eigenvalue weighted by molar-refractivity contribution is -0.138. The quantitative estimate of drug-likeness (QED) is 0.174. The molecule has 1 N–H and O–H groups in total. The van der Waals surface area contributed by atoms with Gasteiger partial charge < -0.3 is 10.2 Å². The summed E-state index contributed by atoms with van der Waals surface area (Å²) in [5, 5.41) is 10.9. The molecule has 6 nitrogen and oxygen atoms in total. The van der Waals surface area contributed by atoms with Crippen LogP contribution < -0.4 is 15.1 Å². The molecule has 1 saturated heterocycles. The molecule has 1 fully saturated rings. The fourth-order valence-corrected chi connectivity index (χ4v) is 5.25. The second-order valence-corrected chi connectivity index (χ2v) is 10.5. The molecule has 1 aliphatic heterocycles. The molecule has 0 radical (unpaired) electrons. The molecule has 0 saturated carbocycles. The molecule has 226 valence electrons. The van der Waals surface area contributed by atoms with Crippen LogP contribution in [-0.2, 0) is 12.4 Å². The Kier molecular flexibility index (Phi) is 8.68. The summed E-state index contributed by atoms with van der Waals surface area (Å²) in [5.41, 5.74) is -4.71. The van der Waals surface area contributed by atoms with Crippen molar-refractivity contribution in [1.82, 2.24) is 0 Å². The highest BCUT2D eigenvalue weighted by atomic mass is 32.1. The van der Waals surface area contributed by atoms with Crippen molar-refractivity contribution in [3.8, 4) is 6.07 Å². The van der Waals surface area contributed by atoms with Crippen LogP contribution in [0.5, 0.6) is 0 Å². The monoisotopic (exact) mass is 648 g/mol. The Bertz CT molecular complexity index is 1750. The van der Waals surface area contributed by atoms with Crippen LogP contribution in [0.25, 0.3) is 4.85 Å². The second-order valence-electron chi connectivity index (χ2n) is 9.74. The van der Waals surface area contributed by atoms with Crippen molar-refractivity contribution < 1.29 is 30.7 Å². The van der Waals surface area contributed by atoms with Gasteiger partial charge in [-0.2, -0.15) is 31.6 Å². The van der Waals surface area contributed by atoms with Gasteiger partial charge >= 0.3 is 12.4 Å². The zero-order chi connectivity index (χ0) is 32.6. The fraction of sp³-hybridized carbons (Fsp3) is 0.207. The molecule has 15 heteroatoms. The van der Waals surface area contributed by atoms with E-state index in [1.165, 1.54) is 24.0 Å². The number of halogens is 7. The molecular formula is C29H19F7N6S2.